The number of rotatable bonds is 7. The van der Waals surface area contributed by atoms with E-state index >= 15 is 0 Å². The minimum absolute atomic E-state index is 0.00527. The number of nitrogens with two attached hydrogens (primary N) is 1. The zero-order chi connectivity index (χ0) is 27.0. The van der Waals surface area contributed by atoms with Crippen molar-refractivity contribution in [3.8, 4) is 10.4 Å². The first kappa shape index (κ1) is 26.6. The smallest absolute Gasteiger partial charge is 0.251 e. The van der Waals surface area contributed by atoms with E-state index in [-0.39, 0.29) is 42.0 Å². The summed E-state index contributed by atoms with van der Waals surface area (Å²) in [4.78, 5) is 57.7. The Morgan fingerprint density at radius 1 is 1.11 bits per heavy atom. The third kappa shape index (κ3) is 5.01. The number of nitrogens with one attached hydrogen (secondary N) is 1. The number of thiophene rings is 1. The zero-order valence-electron chi connectivity index (χ0n) is 22.0. The van der Waals surface area contributed by atoms with Gasteiger partial charge in [0.2, 0.25) is 11.8 Å². The second kappa shape index (κ2) is 10.6. The molecule has 3 heterocycles. The van der Waals surface area contributed by atoms with Crippen molar-refractivity contribution in [1.82, 2.24) is 15.1 Å². The van der Waals surface area contributed by atoms with E-state index in [1.165, 1.54) is 0 Å². The summed E-state index contributed by atoms with van der Waals surface area (Å²) in [6.07, 6.45) is 4.08. The molecule has 5 rings (SSSR count). The first-order chi connectivity index (χ1) is 18.2. The summed E-state index contributed by atoms with van der Waals surface area (Å²) in [7, 11) is 0. The van der Waals surface area contributed by atoms with Crippen LogP contribution < -0.4 is 11.1 Å². The van der Waals surface area contributed by atoms with E-state index in [9.17, 15) is 19.2 Å². The summed E-state index contributed by atoms with van der Waals surface area (Å²) < 4.78 is 0. The van der Waals surface area contributed by atoms with Crippen molar-refractivity contribution in [3.05, 3.63) is 47.3 Å². The highest BCUT2D eigenvalue weighted by Gasteiger charge is 2.55. The number of nitrogens with zero attached hydrogens (tertiary/aromatic N) is 2. The number of hydrogen-bond acceptors (Lipinski definition) is 6. The van der Waals surface area contributed by atoms with Gasteiger partial charge in [0.05, 0.1) is 18.1 Å². The van der Waals surface area contributed by atoms with Crippen LogP contribution in [0.5, 0.6) is 0 Å². The van der Waals surface area contributed by atoms with Crippen LogP contribution in [0.2, 0.25) is 0 Å². The van der Waals surface area contributed by atoms with E-state index < -0.39 is 17.6 Å². The number of Topliss-reactive ketones (excluding diaryl/α,β-unsaturated/α-hetero) is 1. The molecular formula is C29H36N4O4S. The molecule has 0 bridgehead atoms. The first-order valence-electron chi connectivity index (χ1n) is 13.6. The zero-order valence-corrected chi connectivity index (χ0v) is 22.8. The van der Waals surface area contributed by atoms with Gasteiger partial charge in [0.15, 0.2) is 5.78 Å². The summed E-state index contributed by atoms with van der Waals surface area (Å²) in [5.41, 5.74) is 7.03. The number of carbonyl (C=O) groups excluding carboxylic acids is 4. The molecule has 1 aliphatic carbocycles. The topological polar surface area (TPSA) is 113 Å². The monoisotopic (exact) mass is 536 g/mol. The molecule has 0 spiro atoms. The van der Waals surface area contributed by atoms with Gasteiger partial charge >= 0.3 is 0 Å². The third-order valence-corrected chi connectivity index (χ3v) is 9.07. The summed E-state index contributed by atoms with van der Waals surface area (Å²) >= 11 is 1.63. The molecule has 0 radical (unpaired) electrons. The van der Waals surface area contributed by atoms with Crippen molar-refractivity contribution in [2.24, 2.45) is 11.7 Å². The maximum absolute atomic E-state index is 13.8. The van der Waals surface area contributed by atoms with Crippen LogP contribution in [-0.4, -0.2) is 70.1 Å². The molecule has 3 amide bonds. The van der Waals surface area contributed by atoms with Crippen LogP contribution in [0, 0.1) is 5.92 Å². The summed E-state index contributed by atoms with van der Waals surface area (Å²) in [6.45, 7) is 4.37. The van der Waals surface area contributed by atoms with Crippen LogP contribution in [-0.2, 0) is 14.4 Å². The fourth-order valence-electron chi connectivity index (χ4n) is 6.21. The van der Waals surface area contributed by atoms with Crippen molar-refractivity contribution < 1.29 is 19.2 Å². The Morgan fingerprint density at radius 3 is 2.45 bits per heavy atom. The highest BCUT2D eigenvalue weighted by atomic mass is 32.1. The van der Waals surface area contributed by atoms with E-state index in [0.29, 0.717) is 37.8 Å². The number of amides is 3. The van der Waals surface area contributed by atoms with Gasteiger partial charge in [0.1, 0.15) is 12.1 Å². The lowest BCUT2D eigenvalue weighted by molar-refractivity contribution is -0.138. The predicted octanol–water partition coefficient (Wildman–Crippen LogP) is 3.21. The number of ketones is 1. The Balaban J connectivity index is 1.29. The van der Waals surface area contributed by atoms with Crippen LogP contribution in [0.1, 0.15) is 62.7 Å². The van der Waals surface area contributed by atoms with Gasteiger partial charge in [-0.25, -0.2) is 0 Å². The molecular weight excluding hydrogens is 500 g/mol. The van der Waals surface area contributed by atoms with Crippen LogP contribution >= 0.6 is 11.3 Å². The first-order valence-corrected chi connectivity index (χ1v) is 14.4. The lowest BCUT2D eigenvalue weighted by atomic mass is 9.96. The SMILES string of the molecule is CC(C)CC(NC(=O)c1ccc(-c2cccs2)cc1)C(=O)N1CCC2C1C(=O)CN2C(=O)C1(N)CCCC1. The number of likely N-dealkylation sites (tertiary alicyclic amines) is 2. The average Bonchev–Trinajstić information content (AvgIpc) is 3.69. The maximum atomic E-state index is 13.8. The van der Waals surface area contributed by atoms with Crippen molar-refractivity contribution >= 4 is 34.8 Å². The molecule has 202 valence electrons. The predicted molar refractivity (Wildman–Crippen MR) is 146 cm³/mol. The van der Waals surface area contributed by atoms with Gasteiger partial charge in [0.25, 0.3) is 5.91 Å². The molecule has 3 unspecified atom stereocenters. The molecule has 1 aromatic carbocycles. The van der Waals surface area contributed by atoms with Gasteiger partial charge in [-0.2, -0.15) is 0 Å². The maximum Gasteiger partial charge on any atom is 0.251 e. The molecule has 3 aliphatic rings. The van der Waals surface area contributed by atoms with Crippen LogP contribution in [0.15, 0.2) is 41.8 Å². The molecule has 8 nitrogen and oxygen atoms in total. The van der Waals surface area contributed by atoms with Crippen molar-refractivity contribution in [2.75, 3.05) is 13.1 Å². The Morgan fingerprint density at radius 2 is 1.82 bits per heavy atom. The lowest BCUT2D eigenvalue weighted by Crippen LogP contribution is -2.56. The molecule has 3 atom stereocenters. The number of fused-ring (bicyclic) bond motifs is 1. The molecule has 9 heteroatoms. The Bertz CT molecular complexity index is 1200. The fraction of sp³-hybridized carbons (Fsp3) is 0.517. The van der Waals surface area contributed by atoms with Crippen LogP contribution in [0.25, 0.3) is 10.4 Å². The normalized spacial score (nSPS) is 23.1. The summed E-state index contributed by atoms with van der Waals surface area (Å²) in [5.74, 6) is -0.725. The van der Waals surface area contributed by atoms with E-state index in [2.05, 4.69) is 5.32 Å². The largest absolute Gasteiger partial charge is 0.340 e. The van der Waals surface area contributed by atoms with Crippen LogP contribution in [0.3, 0.4) is 0 Å². The molecule has 1 aromatic heterocycles. The second-order valence-corrected chi connectivity index (χ2v) is 12.3. The Hall–Kier alpha value is -3.04. The summed E-state index contributed by atoms with van der Waals surface area (Å²) in [6, 6.07) is 9.58. The Labute approximate surface area is 227 Å². The van der Waals surface area contributed by atoms with E-state index in [4.69, 9.17) is 5.73 Å². The highest BCUT2D eigenvalue weighted by molar-refractivity contribution is 7.13. The highest BCUT2D eigenvalue weighted by Crippen LogP contribution is 2.36. The standard InChI is InChI=1S/C29H36N4O4S/c1-18(2)16-21(31-26(35)20-9-7-19(8-10-20)24-6-5-15-38-24)27(36)32-14-11-22-25(32)23(34)17-33(22)28(37)29(30)12-3-4-13-29/h5-10,15,18,21-22,25H,3-4,11-14,16-17,30H2,1-2H3,(H,31,35). The number of hydrogen-bond donors (Lipinski definition) is 2. The van der Waals surface area contributed by atoms with Crippen molar-refractivity contribution in [3.63, 3.8) is 0 Å². The molecule has 2 saturated heterocycles. The van der Waals surface area contributed by atoms with Gasteiger partial charge < -0.3 is 20.9 Å². The number of carbonyl (C=O) groups is 4. The fourth-order valence-corrected chi connectivity index (χ4v) is 6.94. The average molecular weight is 537 g/mol. The van der Waals surface area contributed by atoms with Crippen LogP contribution in [0.4, 0.5) is 0 Å². The summed E-state index contributed by atoms with van der Waals surface area (Å²) in [5, 5.41) is 4.94. The Kier molecular flexibility index (Phi) is 7.42. The second-order valence-electron chi connectivity index (χ2n) is 11.3. The quantitative estimate of drug-likeness (QED) is 0.564. The molecule has 1 saturated carbocycles. The van der Waals surface area contributed by atoms with E-state index in [1.54, 1.807) is 33.3 Å². The third-order valence-electron chi connectivity index (χ3n) is 8.15. The minimum atomic E-state index is -0.903. The molecule has 3 N–H and O–H groups in total. The van der Waals surface area contributed by atoms with Crippen molar-refractivity contribution in [1.29, 1.82) is 0 Å². The van der Waals surface area contributed by atoms with E-state index in [0.717, 1.165) is 23.3 Å². The molecule has 2 aromatic rings. The molecule has 38 heavy (non-hydrogen) atoms. The van der Waals surface area contributed by atoms with Gasteiger partial charge in [-0.05, 0) is 60.7 Å². The molecule has 3 fully saturated rings. The van der Waals surface area contributed by atoms with Crippen molar-refractivity contribution in [2.45, 2.75) is 76.0 Å². The molecule has 2 aliphatic heterocycles. The van der Waals surface area contributed by atoms with Gasteiger partial charge in [0, 0.05) is 17.0 Å². The lowest BCUT2D eigenvalue weighted by Gasteiger charge is -2.32. The van der Waals surface area contributed by atoms with E-state index in [1.807, 2.05) is 43.5 Å². The van der Waals surface area contributed by atoms with Gasteiger partial charge in [-0.1, -0.05) is 44.9 Å². The minimum Gasteiger partial charge on any atom is -0.340 e. The number of benzene rings is 1. The van der Waals surface area contributed by atoms with Gasteiger partial charge in [-0.15, -0.1) is 11.3 Å². The van der Waals surface area contributed by atoms with Gasteiger partial charge in [-0.3, -0.25) is 19.2 Å².